The van der Waals surface area contributed by atoms with Crippen molar-refractivity contribution in [2.24, 2.45) is 0 Å². The normalized spacial score (nSPS) is 10.4. The molecule has 1 nitrogen and oxygen atoms in total. The summed E-state index contributed by atoms with van der Waals surface area (Å²) in [7, 11) is 0. The maximum absolute atomic E-state index is 4.27. The molecule has 0 spiro atoms. The van der Waals surface area contributed by atoms with E-state index in [4.69, 9.17) is 0 Å². The Hall–Kier alpha value is -0.450. The van der Waals surface area contributed by atoms with Gasteiger partial charge in [-0.2, -0.15) is 0 Å². The number of rotatable bonds is 3. The van der Waals surface area contributed by atoms with E-state index < -0.39 is 0 Å². The largest absolute Gasteiger partial charge is 0.224 e. The second-order valence-electron chi connectivity index (χ2n) is 2.75. The van der Waals surface area contributed by atoms with Crippen LogP contribution in [0.15, 0.2) is 45.1 Å². The Kier molecular flexibility index (Phi) is 3.50. The lowest BCUT2D eigenvalue weighted by Gasteiger charge is -1.97. The van der Waals surface area contributed by atoms with E-state index in [0.29, 0.717) is 0 Å². The van der Waals surface area contributed by atoms with Crippen LogP contribution >= 0.6 is 35.7 Å². The zero-order chi connectivity index (χ0) is 9.80. The molecule has 0 N–H and O–H groups in total. The van der Waals surface area contributed by atoms with Crippen molar-refractivity contribution >= 4 is 35.7 Å². The number of thiol groups is 1. The Labute approximate surface area is 97.0 Å². The SMILES string of the molecule is Sc1csc(SCc2ccccc2)n1. The zero-order valence-electron chi connectivity index (χ0n) is 7.38. The van der Waals surface area contributed by atoms with Crippen LogP contribution in [-0.4, -0.2) is 4.98 Å². The van der Waals surface area contributed by atoms with Gasteiger partial charge in [0, 0.05) is 11.1 Å². The molecule has 1 aromatic heterocycles. The van der Waals surface area contributed by atoms with Crippen molar-refractivity contribution in [2.75, 3.05) is 0 Å². The Morgan fingerprint density at radius 2 is 2.07 bits per heavy atom. The van der Waals surface area contributed by atoms with Gasteiger partial charge in [-0.25, -0.2) is 4.98 Å². The fourth-order valence-electron chi connectivity index (χ4n) is 1.03. The van der Waals surface area contributed by atoms with Gasteiger partial charge in [0.15, 0.2) is 4.34 Å². The number of hydrogen-bond donors (Lipinski definition) is 1. The maximum atomic E-state index is 4.27. The third-order valence-corrected chi connectivity index (χ3v) is 4.17. The van der Waals surface area contributed by atoms with Crippen molar-refractivity contribution in [1.82, 2.24) is 4.98 Å². The maximum Gasteiger partial charge on any atom is 0.151 e. The summed E-state index contributed by atoms with van der Waals surface area (Å²) in [5, 5.41) is 2.77. The van der Waals surface area contributed by atoms with E-state index in [9.17, 15) is 0 Å². The Balaban J connectivity index is 1.95. The number of nitrogens with zero attached hydrogens (tertiary/aromatic N) is 1. The van der Waals surface area contributed by atoms with E-state index in [-0.39, 0.29) is 0 Å². The first-order valence-electron chi connectivity index (χ1n) is 4.16. The Morgan fingerprint density at radius 3 is 2.71 bits per heavy atom. The molecule has 4 heteroatoms. The van der Waals surface area contributed by atoms with Gasteiger partial charge < -0.3 is 0 Å². The van der Waals surface area contributed by atoms with Crippen molar-refractivity contribution in [3.8, 4) is 0 Å². The molecule has 14 heavy (non-hydrogen) atoms. The summed E-state index contributed by atoms with van der Waals surface area (Å²) in [5.41, 5.74) is 1.33. The molecule has 0 aliphatic heterocycles. The molecule has 0 aliphatic rings. The highest BCUT2D eigenvalue weighted by atomic mass is 32.2. The summed E-state index contributed by atoms with van der Waals surface area (Å²) >= 11 is 7.57. The number of benzene rings is 1. The molecule has 2 aromatic rings. The van der Waals surface area contributed by atoms with Crippen LogP contribution in [0.25, 0.3) is 0 Å². The van der Waals surface area contributed by atoms with Crippen molar-refractivity contribution < 1.29 is 0 Å². The minimum atomic E-state index is 0.811. The number of thioether (sulfide) groups is 1. The quantitative estimate of drug-likeness (QED) is 0.647. The third kappa shape index (κ3) is 2.77. The Bertz CT molecular complexity index is 397. The van der Waals surface area contributed by atoms with E-state index in [1.54, 1.807) is 23.1 Å². The van der Waals surface area contributed by atoms with Crippen LogP contribution in [0.4, 0.5) is 0 Å². The number of thiazole rings is 1. The molecule has 0 aliphatic carbocycles. The van der Waals surface area contributed by atoms with Crippen molar-refractivity contribution in [3.05, 3.63) is 41.3 Å². The molecule has 0 unspecified atom stereocenters. The molecule has 0 fully saturated rings. The predicted octanol–water partition coefficient (Wildman–Crippen LogP) is 3.72. The molecule has 0 saturated heterocycles. The van der Waals surface area contributed by atoms with Gasteiger partial charge in [-0.1, -0.05) is 42.1 Å². The molecule has 0 atom stereocenters. The monoisotopic (exact) mass is 239 g/mol. The fourth-order valence-corrected chi connectivity index (χ4v) is 3.08. The summed E-state index contributed by atoms with van der Waals surface area (Å²) in [6.45, 7) is 0. The van der Waals surface area contributed by atoms with Crippen LogP contribution in [0, 0.1) is 0 Å². The topological polar surface area (TPSA) is 12.9 Å². The first kappa shape index (κ1) is 10.1. The van der Waals surface area contributed by atoms with Crippen LogP contribution in [0.5, 0.6) is 0 Å². The van der Waals surface area contributed by atoms with Crippen LogP contribution in [0.3, 0.4) is 0 Å². The highest BCUT2D eigenvalue weighted by molar-refractivity contribution is 8.00. The van der Waals surface area contributed by atoms with E-state index in [1.165, 1.54) is 5.56 Å². The predicted molar refractivity (Wildman–Crippen MR) is 65.4 cm³/mol. The van der Waals surface area contributed by atoms with Crippen LogP contribution in [-0.2, 0) is 5.75 Å². The van der Waals surface area contributed by atoms with Crippen molar-refractivity contribution in [3.63, 3.8) is 0 Å². The van der Waals surface area contributed by atoms with Gasteiger partial charge in [-0.15, -0.1) is 24.0 Å². The van der Waals surface area contributed by atoms with Gasteiger partial charge in [0.25, 0.3) is 0 Å². The number of hydrogen-bond acceptors (Lipinski definition) is 4. The highest BCUT2D eigenvalue weighted by Gasteiger charge is 1.99. The molecule has 0 saturated carbocycles. The fraction of sp³-hybridized carbons (Fsp3) is 0.100. The molecule has 72 valence electrons. The lowest BCUT2D eigenvalue weighted by molar-refractivity contribution is 1.11. The second kappa shape index (κ2) is 4.87. The first-order valence-corrected chi connectivity index (χ1v) is 6.47. The third-order valence-electron chi connectivity index (χ3n) is 1.68. The lowest BCUT2D eigenvalue weighted by Crippen LogP contribution is -1.78. The second-order valence-corrected chi connectivity index (χ2v) is 5.28. The summed E-state index contributed by atoms with van der Waals surface area (Å²) in [5.74, 6) is 0.974. The molecule has 0 radical (unpaired) electrons. The average Bonchev–Trinajstić information content (AvgIpc) is 2.63. The molecular weight excluding hydrogens is 230 g/mol. The zero-order valence-corrected chi connectivity index (χ0v) is 9.91. The van der Waals surface area contributed by atoms with Gasteiger partial charge in [-0.05, 0) is 5.56 Å². The van der Waals surface area contributed by atoms with Gasteiger partial charge in [0.05, 0.1) is 0 Å². The van der Waals surface area contributed by atoms with Gasteiger partial charge in [0.2, 0.25) is 0 Å². The van der Waals surface area contributed by atoms with Crippen LogP contribution < -0.4 is 0 Å². The smallest absolute Gasteiger partial charge is 0.151 e. The standard InChI is InChI=1S/C10H9NS3/c12-9-7-14-10(11-9)13-6-8-4-2-1-3-5-8/h1-5,7,12H,6H2. The minimum absolute atomic E-state index is 0.811. The number of aromatic nitrogens is 1. The van der Waals surface area contributed by atoms with E-state index >= 15 is 0 Å². The van der Waals surface area contributed by atoms with Crippen molar-refractivity contribution in [2.45, 2.75) is 15.1 Å². The molecule has 1 aromatic carbocycles. The summed E-state index contributed by atoms with van der Waals surface area (Å²) in [6, 6.07) is 10.4. The average molecular weight is 239 g/mol. The molecule has 2 rings (SSSR count). The van der Waals surface area contributed by atoms with Gasteiger partial charge in [-0.3, -0.25) is 0 Å². The molecule has 0 amide bonds. The van der Waals surface area contributed by atoms with Crippen LogP contribution in [0.1, 0.15) is 5.56 Å². The van der Waals surface area contributed by atoms with Gasteiger partial charge in [0.1, 0.15) is 5.03 Å². The van der Waals surface area contributed by atoms with E-state index in [2.05, 4.69) is 41.9 Å². The highest BCUT2D eigenvalue weighted by Crippen LogP contribution is 2.26. The summed E-state index contributed by atoms with van der Waals surface area (Å²) in [4.78, 5) is 4.27. The van der Waals surface area contributed by atoms with E-state index in [1.807, 2.05) is 11.4 Å². The molecular formula is C10H9NS3. The Morgan fingerprint density at radius 1 is 1.29 bits per heavy atom. The van der Waals surface area contributed by atoms with Crippen molar-refractivity contribution in [1.29, 1.82) is 0 Å². The summed E-state index contributed by atoms with van der Waals surface area (Å²) in [6.07, 6.45) is 0. The molecule has 0 bridgehead atoms. The lowest BCUT2D eigenvalue weighted by atomic mass is 10.2. The van der Waals surface area contributed by atoms with Crippen LogP contribution in [0.2, 0.25) is 0 Å². The molecule has 1 heterocycles. The van der Waals surface area contributed by atoms with Gasteiger partial charge >= 0.3 is 0 Å². The first-order chi connectivity index (χ1) is 6.84. The van der Waals surface area contributed by atoms with E-state index in [0.717, 1.165) is 15.1 Å². The summed E-state index contributed by atoms with van der Waals surface area (Å²) < 4.78 is 1.08. The minimum Gasteiger partial charge on any atom is -0.224 e.